The summed E-state index contributed by atoms with van der Waals surface area (Å²) in [6.45, 7) is 1.00. The van der Waals surface area contributed by atoms with Crippen molar-refractivity contribution in [3.05, 3.63) is 0 Å². The average Bonchev–Trinajstić information content (AvgIpc) is 2.62. The molecule has 1 fully saturated rings. The van der Waals surface area contributed by atoms with E-state index in [0.717, 1.165) is 4.90 Å². The lowest BCUT2D eigenvalue weighted by molar-refractivity contribution is -0.140. The van der Waals surface area contributed by atoms with Crippen LogP contribution >= 0.6 is 0 Å². The van der Waals surface area contributed by atoms with E-state index in [1.165, 1.54) is 6.92 Å². The quantitative estimate of drug-likeness (QED) is 0.637. The van der Waals surface area contributed by atoms with Gasteiger partial charge in [0, 0.05) is 6.54 Å². The molecule has 2 N–H and O–H groups in total. The summed E-state index contributed by atoms with van der Waals surface area (Å²) in [5, 5.41) is 11.3. The van der Waals surface area contributed by atoms with Gasteiger partial charge < -0.3 is 15.3 Å². The van der Waals surface area contributed by atoms with Crippen LogP contribution < -0.4 is 5.32 Å². The number of urea groups is 1. The number of carbonyl (C=O) groups is 3. The molecule has 0 radical (unpaired) electrons. The maximum Gasteiger partial charge on any atom is 0.325 e. The molecule has 0 saturated carbocycles. The van der Waals surface area contributed by atoms with Crippen molar-refractivity contribution in [1.82, 2.24) is 15.1 Å². The minimum atomic E-state index is -2.76. The summed E-state index contributed by atoms with van der Waals surface area (Å²) in [4.78, 5) is 37.2. The summed E-state index contributed by atoms with van der Waals surface area (Å²) in [5.74, 6) is -1.38. The second-order valence-corrected chi connectivity index (χ2v) is 4.96. The lowest BCUT2D eigenvalue weighted by Gasteiger charge is -2.24. The first-order valence-corrected chi connectivity index (χ1v) is 6.56. The molecule has 1 unspecified atom stereocenters. The van der Waals surface area contributed by atoms with E-state index in [2.05, 4.69) is 5.32 Å². The molecule has 0 aliphatic carbocycles. The highest BCUT2D eigenvalue weighted by atomic mass is 19.3. The zero-order valence-corrected chi connectivity index (χ0v) is 11.9. The molecule has 0 aromatic carbocycles. The van der Waals surface area contributed by atoms with Crippen LogP contribution in [0.3, 0.4) is 0 Å². The predicted molar refractivity (Wildman–Crippen MR) is 68.6 cm³/mol. The molecular weight excluding hydrogens is 288 g/mol. The lowest BCUT2D eigenvalue weighted by Crippen LogP contribution is -2.47. The molecular formula is C12H19F2N3O4. The number of amides is 4. The molecule has 0 bridgehead atoms. The Bertz CT molecular complexity index is 433. The van der Waals surface area contributed by atoms with Crippen molar-refractivity contribution in [2.24, 2.45) is 0 Å². The zero-order chi connectivity index (χ0) is 16.2. The number of rotatable bonds is 7. The van der Waals surface area contributed by atoms with Crippen molar-refractivity contribution >= 4 is 17.8 Å². The summed E-state index contributed by atoms with van der Waals surface area (Å²) in [6.07, 6.45) is -2.41. The molecule has 4 amide bonds. The largest absolute Gasteiger partial charge is 0.395 e. The van der Waals surface area contributed by atoms with Crippen LogP contribution in [0.5, 0.6) is 0 Å². The summed E-state index contributed by atoms with van der Waals surface area (Å²) >= 11 is 0. The molecule has 1 atom stereocenters. The molecule has 0 aromatic rings. The van der Waals surface area contributed by atoms with Crippen molar-refractivity contribution < 1.29 is 28.3 Å². The Morgan fingerprint density at radius 1 is 1.48 bits per heavy atom. The molecule has 9 heteroatoms. The lowest BCUT2D eigenvalue weighted by atomic mass is 9.99. The molecule has 0 spiro atoms. The number of aliphatic hydroxyl groups is 1. The minimum Gasteiger partial charge on any atom is -0.395 e. The maximum atomic E-state index is 12.4. The highest BCUT2D eigenvalue weighted by molar-refractivity contribution is 6.08. The Morgan fingerprint density at radius 2 is 2.10 bits per heavy atom. The van der Waals surface area contributed by atoms with E-state index < -0.39 is 49.5 Å². The van der Waals surface area contributed by atoms with E-state index >= 15 is 0 Å². The fourth-order valence-corrected chi connectivity index (χ4v) is 1.97. The van der Waals surface area contributed by atoms with Crippen LogP contribution in [0.2, 0.25) is 0 Å². The van der Waals surface area contributed by atoms with E-state index in [-0.39, 0.29) is 6.54 Å². The van der Waals surface area contributed by atoms with Gasteiger partial charge in [-0.15, -0.1) is 0 Å². The number of hydrogen-bond acceptors (Lipinski definition) is 4. The van der Waals surface area contributed by atoms with Gasteiger partial charge in [0.2, 0.25) is 5.91 Å². The highest BCUT2D eigenvalue weighted by Crippen LogP contribution is 2.20. The van der Waals surface area contributed by atoms with Gasteiger partial charge in [-0.1, -0.05) is 6.92 Å². The second kappa shape index (κ2) is 6.79. The fourth-order valence-electron chi connectivity index (χ4n) is 1.97. The Kier molecular flexibility index (Phi) is 5.59. The molecule has 1 saturated heterocycles. The normalized spacial score (nSPS) is 21.9. The van der Waals surface area contributed by atoms with E-state index in [1.54, 1.807) is 6.92 Å². The molecule has 21 heavy (non-hydrogen) atoms. The number of nitrogens with zero attached hydrogens (tertiary/aromatic N) is 2. The first kappa shape index (κ1) is 17.3. The first-order chi connectivity index (χ1) is 9.75. The Balaban J connectivity index is 2.77. The van der Waals surface area contributed by atoms with Gasteiger partial charge in [0.15, 0.2) is 0 Å². The van der Waals surface area contributed by atoms with E-state index in [4.69, 9.17) is 5.11 Å². The maximum absolute atomic E-state index is 12.4. The second-order valence-electron chi connectivity index (χ2n) is 4.96. The number of imide groups is 1. The summed E-state index contributed by atoms with van der Waals surface area (Å²) in [6, 6.07) is -0.723. The number of aliphatic hydroxyl groups excluding tert-OH is 1. The van der Waals surface area contributed by atoms with Crippen LogP contribution in [0.4, 0.5) is 13.6 Å². The van der Waals surface area contributed by atoms with Crippen LogP contribution in [-0.4, -0.2) is 71.0 Å². The Labute approximate surface area is 120 Å². The average molecular weight is 307 g/mol. The molecule has 0 aromatic heterocycles. The van der Waals surface area contributed by atoms with Crippen molar-refractivity contribution in [3.8, 4) is 0 Å². The summed E-state index contributed by atoms with van der Waals surface area (Å²) in [5.41, 5.74) is -1.08. The number of halogens is 2. The number of carbonyl (C=O) groups excluding carboxylic acids is 3. The van der Waals surface area contributed by atoms with Gasteiger partial charge in [0.05, 0.1) is 13.2 Å². The first-order valence-electron chi connectivity index (χ1n) is 6.56. The minimum absolute atomic E-state index is 0.280. The van der Waals surface area contributed by atoms with Crippen molar-refractivity contribution in [3.63, 3.8) is 0 Å². The van der Waals surface area contributed by atoms with Gasteiger partial charge in [-0.2, -0.15) is 0 Å². The standard InChI is InChI=1S/C12H19F2N3O4/c1-3-12(2)10(20)17(11(21)15-12)7-9(19)16(4-5-18)6-8(13)14/h8,18H,3-7H2,1-2H3,(H,15,21). The molecule has 1 rings (SSSR count). The monoisotopic (exact) mass is 307 g/mol. The Morgan fingerprint density at radius 3 is 2.52 bits per heavy atom. The highest BCUT2D eigenvalue weighted by Gasteiger charge is 2.47. The van der Waals surface area contributed by atoms with Crippen LogP contribution in [0, 0.1) is 0 Å². The Hall–Kier alpha value is -1.77. The van der Waals surface area contributed by atoms with Gasteiger partial charge in [-0.25, -0.2) is 13.6 Å². The third-order valence-electron chi connectivity index (χ3n) is 3.43. The van der Waals surface area contributed by atoms with Crippen molar-refractivity contribution in [1.29, 1.82) is 0 Å². The van der Waals surface area contributed by atoms with Gasteiger partial charge in [-0.05, 0) is 13.3 Å². The van der Waals surface area contributed by atoms with Crippen LogP contribution in [0.25, 0.3) is 0 Å². The third-order valence-corrected chi connectivity index (χ3v) is 3.43. The van der Waals surface area contributed by atoms with Crippen LogP contribution in [0.15, 0.2) is 0 Å². The van der Waals surface area contributed by atoms with E-state index in [0.29, 0.717) is 11.3 Å². The van der Waals surface area contributed by atoms with Gasteiger partial charge in [0.25, 0.3) is 12.3 Å². The smallest absolute Gasteiger partial charge is 0.325 e. The zero-order valence-electron chi connectivity index (χ0n) is 11.9. The van der Waals surface area contributed by atoms with E-state index in [1.807, 2.05) is 0 Å². The van der Waals surface area contributed by atoms with Crippen molar-refractivity contribution in [2.75, 3.05) is 26.2 Å². The molecule has 1 heterocycles. The molecule has 120 valence electrons. The number of nitrogens with one attached hydrogen (secondary N) is 1. The van der Waals surface area contributed by atoms with Crippen LogP contribution in [0.1, 0.15) is 20.3 Å². The number of alkyl halides is 2. The van der Waals surface area contributed by atoms with Gasteiger partial charge in [0.1, 0.15) is 12.1 Å². The molecule has 1 aliphatic heterocycles. The van der Waals surface area contributed by atoms with Gasteiger partial charge in [-0.3, -0.25) is 14.5 Å². The predicted octanol–water partition coefficient (Wildman–Crippen LogP) is -0.207. The van der Waals surface area contributed by atoms with Crippen molar-refractivity contribution in [2.45, 2.75) is 32.2 Å². The molecule has 7 nitrogen and oxygen atoms in total. The van der Waals surface area contributed by atoms with Crippen LogP contribution in [-0.2, 0) is 9.59 Å². The van der Waals surface area contributed by atoms with E-state index in [9.17, 15) is 23.2 Å². The SMILES string of the molecule is CCC1(C)NC(=O)N(CC(=O)N(CCO)CC(F)F)C1=O. The summed E-state index contributed by atoms with van der Waals surface area (Å²) in [7, 11) is 0. The molecule has 1 aliphatic rings. The topological polar surface area (TPSA) is 90.0 Å². The number of hydrogen-bond donors (Lipinski definition) is 2. The fraction of sp³-hybridized carbons (Fsp3) is 0.750. The summed E-state index contributed by atoms with van der Waals surface area (Å²) < 4.78 is 24.8. The third kappa shape index (κ3) is 3.87. The van der Waals surface area contributed by atoms with Gasteiger partial charge >= 0.3 is 6.03 Å².